The highest BCUT2D eigenvalue weighted by Crippen LogP contribution is 2.34. The highest BCUT2D eigenvalue weighted by atomic mass is 16.5. The molecule has 1 heterocycles. The number of benzene rings is 2. The van der Waals surface area contributed by atoms with Gasteiger partial charge < -0.3 is 14.4 Å². The summed E-state index contributed by atoms with van der Waals surface area (Å²) in [6.45, 7) is 4.55. The number of nitrogens with zero attached hydrogens (tertiary/aromatic N) is 1. The van der Waals surface area contributed by atoms with E-state index in [1.807, 2.05) is 30.0 Å². The van der Waals surface area contributed by atoms with E-state index in [0.29, 0.717) is 23.7 Å². The minimum atomic E-state index is -0.0104. The average Bonchev–Trinajstić information content (AvgIpc) is 2.90. The van der Waals surface area contributed by atoms with Gasteiger partial charge in [-0.15, -0.1) is 0 Å². The van der Waals surface area contributed by atoms with Gasteiger partial charge in [0.15, 0.2) is 11.5 Å². The number of rotatable bonds is 4. The Hall–Kier alpha value is -2.49. The van der Waals surface area contributed by atoms with Crippen molar-refractivity contribution >= 4 is 11.6 Å². The van der Waals surface area contributed by atoms with Crippen molar-refractivity contribution in [2.24, 2.45) is 0 Å². The number of anilines is 1. The fraction of sp³-hybridized carbons (Fsp3) is 0.316. The van der Waals surface area contributed by atoms with Crippen LogP contribution in [0.3, 0.4) is 0 Å². The second kappa shape index (κ2) is 6.32. The Morgan fingerprint density at radius 3 is 2.74 bits per heavy atom. The number of carbonyl (C=O) groups is 1. The van der Waals surface area contributed by atoms with Gasteiger partial charge >= 0.3 is 0 Å². The number of ether oxygens (including phenoxy) is 2. The van der Waals surface area contributed by atoms with Crippen molar-refractivity contribution in [2.45, 2.75) is 26.3 Å². The molecule has 2 aromatic carbocycles. The van der Waals surface area contributed by atoms with Crippen LogP contribution in [-0.2, 0) is 6.42 Å². The summed E-state index contributed by atoms with van der Waals surface area (Å²) in [7, 11) is 1.58. The normalized spacial score (nSPS) is 16.1. The molecule has 0 aliphatic carbocycles. The molecule has 2 aromatic rings. The van der Waals surface area contributed by atoms with Gasteiger partial charge in [-0.25, -0.2) is 0 Å². The Kier molecular flexibility index (Phi) is 4.24. The van der Waals surface area contributed by atoms with Crippen LogP contribution in [0.2, 0.25) is 0 Å². The number of hydrogen-bond donors (Lipinski definition) is 0. The number of fused-ring (bicyclic) bond motifs is 1. The molecule has 1 unspecified atom stereocenters. The molecular formula is C19H21NO3. The van der Waals surface area contributed by atoms with Crippen LogP contribution < -0.4 is 14.4 Å². The van der Waals surface area contributed by atoms with Crippen LogP contribution in [0, 0.1) is 0 Å². The molecule has 4 nitrogen and oxygen atoms in total. The van der Waals surface area contributed by atoms with Gasteiger partial charge in [-0.2, -0.15) is 0 Å². The number of para-hydroxylation sites is 1. The van der Waals surface area contributed by atoms with E-state index in [9.17, 15) is 4.79 Å². The minimum absolute atomic E-state index is 0.0104. The standard InChI is InChI=1S/C19H21NO3/c1-4-23-17-10-9-15(12-18(17)22-3)19(21)20-13(2)11-14-7-5-6-8-16(14)20/h5-10,12-13H,4,11H2,1-3H3. The van der Waals surface area contributed by atoms with Crippen molar-refractivity contribution in [1.29, 1.82) is 0 Å². The van der Waals surface area contributed by atoms with Gasteiger partial charge in [0, 0.05) is 17.3 Å². The highest BCUT2D eigenvalue weighted by Gasteiger charge is 2.31. The van der Waals surface area contributed by atoms with Crippen LogP contribution in [0.5, 0.6) is 11.5 Å². The molecule has 1 amide bonds. The fourth-order valence-electron chi connectivity index (χ4n) is 3.09. The molecule has 3 rings (SSSR count). The summed E-state index contributed by atoms with van der Waals surface area (Å²) in [6.07, 6.45) is 0.885. The Morgan fingerprint density at radius 2 is 2.00 bits per heavy atom. The van der Waals surface area contributed by atoms with E-state index in [1.54, 1.807) is 25.3 Å². The van der Waals surface area contributed by atoms with Gasteiger partial charge in [0.25, 0.3) is 5.91 Å². The maximum absolute atomic E-state index is 13.0. The maximum atomic E-state index is 13.0. The number of hydrogen-bond acceptors (Lipinski definition) is 3. The molecule has 1 aliphatic heterocycles. The Bertz CT molecular complexity index is 726. The Labute approximate surface area is 136 Å². The Balaban J connectivity index is 1.95. The number of carbonyl (C=O) groups excluding carboxylic acids is 1. The van der Waals surface area contributed by atoms with Crippen LogP contribution in [0.25, 0.3) is 0 Å². The van der Waals surface area contributed by atoms with E-state index in [-0.39, 0.29) is 11.9 Å². The smallest absolute Gasteiger partial charge is 0.258 e. The molecule has 23 heavy (non-hydrogen) atoms. The van der Waals surface area contributed by atoms with Crippen molar-refractivity contribution in [3.05, 3.63) is 53.6 Å². The highest BCUT2D eigenvalue weighted by molar-refractivity contribution is 6.08. The molecule has 4 heteroatoms. The van der Waals surface area contributed by atoms with E-state index in [1.165, 1.54) is 5.56 Å². The molecule has 0 saturated carbocycles. The Morgan fingerprint density at radius 1 is 1.22 bits per heavy atom. The first-order valence-electron chi connectivity index (χ1n) is 7.88. The molecular weight excluding hydrogens is 290 g/mol. The average molecular weight is 311 g/mol. The lowest BCUT2D eigenvalue weighted by Crippen LogP contribution is -2.35. The largest absolute Gasteiger partial charge is 0.493 e. The van der Waals surface area contributed by atoms with Crippen LogP contribution >= 0.6 is 0 Å². The zero-order valence-corrected chi connectivity index (χ0v) is 13.7. The van der Waals surface area contributed by atoms with E-state index in [2.05, 4.69) is 13.0 Å². The summed E-state index contributed by atoms with van der Waals surface area (Å²) >= 11 is 0. The quantitative estimate of drug-likeness (QED) is 0.864. The van der Waals surface area contributed by atoms with Gasteiger partial charge in [0.05, 0.1) is 13.7 Å². The second-order valence-electron chi connectivity index (χ2n) is 5.66. The van der Waals surface area contributed by atoms with Gasteiger partial charge in [-0.05, 0) is 50.1 Å². The molecule has 1 aliphatic rings. The summed E-state index contributed by atoms with van der Waals surface area (Å²) in [5.41, 5.74) is 2.82. The first-order valence-corrected chi connectivity index (χ1v) is 7.88. The topological polar surface area (TPSA) is 38.8 Å². The fourth-order valence-corrected chi connectivity index (χ4v) is 3.09. The zero-order chi connectivity index (χ0) is 16.4. The van der Waals surface area contributed by atoms with Gasteiger partial charge in [-0.1, -0.05) is 18.2 Å². The van der Waals surface area contributed by atoms with E-state index < -0.39 is 0 Å². The molecule has 1 atom stereocenters. The SMILES string of the molecule is CCOc1ccc(C(=O)N2c3ccccc3CC2C)cc1OC. The first kappa shape index (κ1) is 15.4. The number of methoxy groups -OCH3 is 1. The monoisotopic (exact) mass is 311 g/mol. The molecule has 0 fully saturated rings. The van der Waals surface area contributed by atoms with Gasteiger partial charge in [-0.3, -0.25) is 4.79 Å². The molecule has 120 valence electrons. The van der Waals surface area contributed by atoms with Gasteiger partial charge in [0.1, 0.15) is 0 Å². The molecule has 0 spiro atoms. The predicted molar refractivity (Wildman–Crippen MR) is 90.6 cm³/mol. The summed E-state index contributed by atoms with van der Waals surface area (Å²) < 4.78 is 10.9. The van der Waals surface area contributed by atoms with Crippen LogP contribution in [0.1, 0.15) is 29.8 Å². The summed E-state index contributed by atoms with van der Waals surface area (Å²) in [6, 6.07) is 13.6. The third kappa shape index (κ3) is 2.77. The van der Waals surface area contributed by atoms with Crippen molar-refractivity contribution in [1.82, 2.24) is 0 Å². The third-order valence-electron chi connectivity index (χ3n) is 4.14. The van der Waals surface area contributed by atoms with Crippen molar-refractivity contribution in [3.63, 3.8) is 0 Å². The third-order valence-corrected chi connectivity index (χ3v) is 4.14. The minimum Gasteiger partial charge on any atom is -0.493 e. The van der Waals surface area contributed by atoms with Crippen molar-refractivity contribution < 1.29 is 14.3 Å². The molecule has 0 N–H and O–H groups in total. The zero-order valence-electron chi connectivity index (χ0n) is 13.7. The van der Waals surface area contributed by atoms with Gasteiger partial charge in [0.2, 0.25) is 0 Å². The molecule has 0 saturated heterocycles. The lowest BCUT2D eigenvalue weighted by molar-refractivity contribution is 0.0981. The molecule has 0 bridgehead atoms. The maximum Gasteiger partial charge on any atom is 0.258 e. The summed E-state index contributed by atoms with van der Waals surface area (Å²) in [5, 5.41) is 0. The van der Waals surface area contributed by atoms with E-state index in [4.69, 9.17) is 9.47 Å². The predicted octanol–water partition coefficient (Wildman–Crippen LogP) is 3.69. The van der Waals surface area contributed by atoms with Crippen LogP contribution in [0.4, 0.5) is 5.69 Å². The summed E-state index contributed by atoms with van der Waals surface area (Å²) in [5.74, 6) is 1.23. The first-order chi connectivity index (χ1) is 11.2. The lowest BCUT2D eigenvalue weighted by atomic mass is 10.1. The number of amides is 1. The second-order valence-corrected chi connectivity index (χ2v) is 5.66. The van der Waals surface area contributed by atoms with Crippen LogP contribution in [-0.4, -0.2) is 25.7 Å². The van der Waals surface area contributed by atoms with Crippen molar-refractivity contribution in [3.8, 4) is 11.5 Å². The van der Waals surface area contributed by atoms with E-state index >= 15 is 0 Å². The lowest BCUT2D eigenvalue weighted by Gasteiger charge is -2.23. The van der Waals surface area contributed by atoms with Crippen LogP contribution in [0.15, 0.2) is 42.5 Å². The summed E-state index contributed by atoms with van der Waals surface area (Å²) in [4.78, 5) is 14.9. The molecule has 0 radical (unpaired) electrons. The van der Waals surface area contributed by atoms with E-state index in [0.717, 1.165) is 12.1 Å². The molecule has 0 aromatic heterocycles. The van der Waals surface area contributed by atoms with Crippen molar-refractivity contribution in [2.75, 3.05) is 18.6 Å².